The highest BCUT2D eigenvalue weighted by Gasteiger charge is 2.19. The van der Waals surface area contributed by atoms with Crippen molar-refractivity contribution in [2.75, 3.05) is 24.6 Å². The molecule has 1 aliphatic heterocycles. The van der Waals surface area contributed by atoms with Crippen LogP contribution in [-0.4, -0.2) is 29.1 Å². The van der Waals surface area contributed by atoms with Gasteiger partial charge in [0.25, 0.3) is 0 Å². The van der Waals surface area contributed by atoms with Crippen LogP contribution in [0.15, 0.2) is 0 Å². The van der Waals surface area contributed by atoms with Gasteiger partial charge in [-0.1, -0.05) is 12.8 Å². The van der Waals surface area contributed by atoms with Crippen molar-refractivity contribution in [3.8, 4) is 17.9 Å². The summed E-state index contributed by atoms with van der Waals surface area (Å²) in [5.74, 6) is 6.43. The van der Waals surface area contributed by atoms with Gasteiger partial charge >= 0.3 is 6.01 Å². The van der Waals surface area contributed by atoms with E-state index in [1.807, 2.05) is 0 Å². The van der Waals surface area contributed by atoms with E-state index >= 15 is 0 Å². The zero-order valence-electron chi connectivity index (χ0n) is 10.3. The van der Waals surface area contributed by atoms with E-state index in [0.717, 1.165) is 24.1 Å². The molecule has 0 radical (unpaired) electrons. The highest BCUT2D eigenvalue weighted by molar-refractivity contribution is 7.09. The SMILES string of the molecule is CC#CCOc1nsc(N2CCC(C)CC2)n1. The third-order valence-corrected chi connectivity index (χ3v) is 3.66. The molecule has 2 rings (SSSR count). The van der Waals surface area contributed by atoms with Crippen molar-refractivity contribution in [3.05, 3.63) is 0 Å². The fourth-order valence-electron chi connectivity index (χ4n) is 1.76. The molecule has 0 spiro atoms. The van der Waals surface area contributed by atoms with Gasteiger partial charge in [0.05, 0.1) is 0 Å². The summed E-state index contributed by atoms with van der Waals surface area (Å²) in [6.07, 6.45) is 2.47. The predicted molar refractivity (Wildman–Crippen MR) is 69.5 cm³/mol. The molecule has 0 saturated carbocycles. The summed E-state index contributed by atoms with van der Waals surface area (Å²) in [7, 11) is 0. The molecular formula is C12H17N3OS. The number of rotatable bonds is 3. The Morgan fingerprint density at radius 2 is 2.24 bits per heavy atom. The maximum Gasteiger partial charge on any atom is 0.331 e. The summed E-state index contributed by atoms with van der Waals surface area (Å²) < 4.78 is 9.51. The zero-order chi connectivity index (χ0) is 12.1. The molecule has 17 heavy (non-hydrogen) atoms. The van der Waals surface area contributed by atoms with Crippen LogP contribution in [0, 0.1) is 17.8 Å². The van der Waals surface area contributed by atoms with Crippen molar-refractivity contribution in [2.45, 2.75) is 26.7 Å². The number of piperidine rings is 1. The highest BCUT2D eigenvalue weighted by atomic mass is 32.1. The minimum Gasteiger partial charge on any atom is -0.450 e. The Bertz CT molecular complexity index is 413. The van der Waals surface area contributed by atoms with Crippen molar-refractivity contribution < 1.29 is 4.74 Å². The summed E-state index contributed by atoms with van der Waals surface area (Å²) in [4.78, 5) is 6.66. The quantitative estimate of drug-likeness (QED) is 0.772. The van der Waals surface area contributed by atoms with E-state index in [9.17, 15) is 0 Å². The molecular weight excluding hydrogens is 234 g/mol. The molecule has 0 aliphatic carbocycles. The van der Waals surface area contributed by atoms with Crippen LogP contribution in [0.25, 0.3) is 0 Å². The highest BCUT2D eigenvalue weighted by Crippen LogP contribution is 2.26. The fraction of sp³-hybridized carbons (Fsp3) is 0.667. The molecule has 0 N–H and O–H groups in total. The van der Waals surface area contributed by atoms with Crippen LogP contribution in [0.3, 0.4) is 0 Å². The van der Waals surface area contributed by atoms with E-state index in [4.69, 9.17) is 4.74 Å². The van der Waals surface area contributed by atoms with Gasteiger partial charge in [0.2, 0.25) is 5.13 Å². The summed E-state index contributed by atoms with van der Waals surface area (Å²) in [5.41, 5.74) is 0. The molecule has 0 bridgehead atoms. The summed E-state index contributed by atoms with van der Waals surface area (Å²) in [5, 5.41) is 0.969. The third kappa shape index (κ3) is 3.34. The van der Waals surface area contributed by atoms with E-state index in [1.165, 1.54) is 24.4 Å². The average Bonchev–Trinajstić information content (AvgIpc) is 2.79. The standard InChI is InChI=1S/C12H17N3OS/c1-3-4-9-16-11-13-12(17-14-11)15-7-5-10(2)6-8-15/h10H,5-9H2,1-2H3. The first-order valence-corrected chi connectivity index (χ1v) is 6.68. The topological polar surface area (TPSA) is 38.2 Å². The number of aromatic nitrogens is 2. The second-order valence-electron chi connectivity index (χ2n) is 4.24. The lowest BCUT2D eigenvalue weighted by molar-refractivity contribution is 0.344. The molecule has 1 aliphatic rings. The average molecular weight is 251 g/mol. The Hall–Kier alpha value is -1.28. The Morgan fingerprint density at radius 1 is 1.47 bits per heavy atom. The summed E-state index contributed by atoms with van der Waals surface area (Å²) in [6, 6.07) is 0.450. The number of anilines is 1. The van der Waals surface area contributed by atoms with Crippen LogP contribution in [0.1, 0.15) is 26.7 Å². The van der Waals surface area contributed by atoms with Crippen LogP contribution in [0.5, 0.6) is 6.01 Å². The van der Waals surface area contributed by atoms with E-state index in [2.05, 4.69) is 33.0 Å². The van der Waals surface area contributed by atoms with Gasteiger partial charge in [-0.3, -0.25) is 0 Å². The van der Waals surface area contributed by atoms with Gasteiger partial charge in [-0.2, -0.15) is 4.98 Å². The van der Waals surface area contributed by atoms with Crippen molar-refractivity contribution in [1.82, 2.24) is 9.36 Å². The normalized spacial score (nSPS) is 16.5. The predicted octanol–water partition coefficient (Wildman–Crippen LogP) is 2.18. The minimum absolute atomic E-state index is 0.365. The molecule has 0 aromatic carbocycles. The number of ether oxygens (including phenoxy) is 1. The molecule has 1 aromatic heterocycles. The first kappa shape index (κ1) is 12.2. The first-order chi connectivity index (χ1) is 8.29. The molecule has 1 fully saturated rings. The van der Waals surface area contributed by atoms with Gasteiger partial charge in [0.15, 0.2) is 6.61 Å². The minimum atomic E-state index is 0.365. The number of hydrogen-bond acceptors (Lipinski definition) is 5. The van der Waals surface area contributed by atoms with Gasteiger partial charge in [0.1, 0.15) is 0 Å². The van der Waals surface area contributed by atoms with Gasteiger partial charge in [-0.15, -0.1) is 10.3 Å². The van der Waals surface area contributed by atoms with Crippen LogP contribution in [0.4, 0.5) is 5.13 Å². The molecule has 0 unspecified atom stereocenters. The van der Waals surface area contributed by atoms with Crippen molar-refractivity contribution in [3.63, 3.8) is 0 Å². The van der Waals surface area contributed by atoms with Crippen molar-refractivity contribution in [2.24, 2.45) is 5.92 Å². The van der Waals surface area contributed by atoms with Gasteiger partial charge < -0.3 is 9.64 Å². The van der Waals surface area contributed by atoms with Crippen LogP contribution in [-0.2, 0) is 0 Å². The van der Waals surface area contributed by atoms with Crippen LogP contribution < -0.4 is 9.64 Å². The lowest BCUT2D eigenvalue weighted by atomic mass is 10.00. The molecule has 4 nitrogen and oxygen atoms in total. The molecule has 1 saturated heterocycles. The second kappa shape index (κ2) is 5.87. The maximum atomic E-state index is 5.33. The molecule has 0 atom stereocenters. The Balaban J connectivity index is 1.90. The van der Waals surface area contributed by atoms with Crippen molar-refractivity contribution in [1.29, 1.82) is 0 Å². The molecule has 2 heterocycles. The lowest BCUT2D eigenvalue weighted by Gasteiger charge is -2.29. The van der Waals surface area contributed by atoms with Crippen LogP contribution in [0.2, 0.25) is 0 Å². The smallest absolute Gasteiger partial charge is 0.331 e. The van der Waals surface area contributed by atoms with Gasteiger partial charge in [-0.05, 0) is 25.7 Å². The molecule has 92 valence electrons. The second-order valence-corrected chi connectivity index (χ2v) is 4.97. The lowest BCUT2D eigenvalue weighted by Crippen LogP contribution is -2.32. The Morgan fingerprint density at radius 3 is 2.94 bits per heavy atom. The fourth-order valence-corrected chi connectivity index (χ4v) is 2.43. The number of hydrogen-bond donors (Lipinski definition) is 0. The summed E-state index contributed by atoms with van der Waals surface area (Å²) >= 11 is 1.41. The Kier molecular flexibility index (Phi) is 4.21. The molecule has 0 amide bonds. The van der Waals surface area contributed by atoms with E-state index in [1.54, 1.807) is 6.92 Å². The monoisotopic (exact) mass is 251 g/mol. The maximum absolute atomic E-state index is 5.33. The largest absolute Gasteiger partial charge is 0.450 e. The van der Waals surface area contributed by atoms with Crippen molar-refractivity contribution >= 4 is 16.7 Å². The van der Waals surface area contributed by atoms with Gasteiger partial charge in [0, 0.05) is 24.6 Å². The van der Waals surface area contributed by atoms with E-state index in [0.29, 0.717) is 12.6 Å². The van der Waals surface area contributed by atoms with E-state index < -0.39 is 0 Å². The molecule has 1 aromatic rings. The molecule has 5 heteroatoms. The summed E-state index contributed by atoms with van der Waals surface area (Å²) in [6.45, 7) is 6.60. The van der Waals surface area contributed by atoms with Crippen LogP contribution >= 0.6 is 11.5 Å². The number of nitrogens with zero attached hydrogens (tertiary/aromatic N) is 3. The first-order valence-electron chi connectivity index (χ1n) is 5.90. The third-order valence-electron chi connectivity index (χ3n) is 2.90. The Labute approximate surface area is 106 Å². The van der Waals surface area contributed by atoms with Gasteiger partial charge in [-0.25, -0.2) is 0 Å². The van der Waals surface area contributed by atoms with E-state index in [-0.39, 0.29) is 0 Å². The zero-order valence-corrected chi connectivity index (χ0v) is 11.1.